The predicted octanol–water partition coefficient (Wildman–Crippen LogP) is 7.00. The van der Waals surface area contributed by atoms with E-state index in [1.165, 1.54) is 54.6 Å². The van der Waals surface area contributed by atoms with Crippen LogP contribution in [0.4, 0.5) is 13.2 Å². The van der Waals surface area contributed by atoms with Crippen molar-refractivity contribution < 1.29 is 30.6 Å². The van der Waals surface area contributed by atoms with Crippen LogP contribution < -0.4 is 4.18 Å². The number of halogens is 6. The lowest BCUT2D eigenvalue weighted by molar-refractivity contribution is -0.275. The number of hydrogen-bond acceptors (Lipinski definition) is 5. The van der Waals surface area contributed by atoms with Crippen molar-refractivity contribution in [1.29, 1.82) is 0 Å². The zero-order valence-corrected chi connectivity index (χ0v) is 19.9. The Balaban J connectivity index is 1.57. The first-order valence-electron chi connectivity index (χ1n) is 9.48. The summed E-state index contributed by atoms with van der Waals surface area (Å²) in [6, 6.07) is 14.3. The van der Waals surface area contributed by atoms with Gasteiger partial charge in [0.25, 0.3) is 5.60 Å². The van der Waals surface area contributed by atoms with Gasteiger partial charge >= 0.3 is 16.3 Å². The molecular weight excluding hydrogens is 538 g/mol. The van der Waals surface area contributed by atoms with E-state index in [4.69, 9.17) is 43.8 Å². The fourth-order valence-corrected chi connectivity index (χ4v) is 4.91. The van der Waals surface area contributed by atoms with Crippen molar-refractivity contribution >= 4 is 50.6 Å². The second kappa shape index (κ2) is 8.96. The first-order chi connectivity index (χ1) is 15.9. The summed E-state index contributed by atoms with van der Waals surface area (Å²) in [5, 5.41) is 4.06. The van der Waals surface area contributed by atoms with Gasteiger partial charge in [0, 0.05) is 27.1 Å². The van der Waals surface area contributed by atoms with Gasteiger partial charge in [0.15, 0.2) is 0 Å². The summed E-state index contributed by atoms with van der Waals surface area (Å²) >= 11 is 17.6. The Labute approximate surface area is 207 Å². The molecule has 0 radical (unpaired) electrons. The van der Waals surface area contributed by atoms with Crippen molar-refractivity contribution in [3.05, 3.63) is 92.9 Å². The minimum absolute atomic E-state index is 0.000492. The van der Waals surface area contributed by atoms with Gasteiger partial charge in [0.05, 0.1) is 5.71 Å². The lowest BCUT2D eigenvalue weighted by atomic mass is 9.86. The fourth-order valence-electron chi connectivity index (χ4n) is 3.32. The van der Waals surface area contributed by atoms with Gasteiger partial charge in [0.2, 0.25) is 0 Å². The number of rotatable bonds is 5. The Morgan fingerprint density at radius 3 is 2.03 bits per heavy atom. The minimum atomic E-state index is -4.83. The molecule has 0 saturated carbocycles. The topological polar surface area (TPSA) is 65.0 Å². The Morgan fingerprint density at radius 1 is 0.882 bits per heavy atom. The largest absolute Gasteiger partial charge is 0.435 e. The molecule has 0 aliphatic carbocycles. The summed E-state index contributed by atoms with van der Waals surface area (Å²) in [7, 11) is -4.13. The number of nitrogens with zero attached hydrogens (tertiary/aromatic N) is 1. The molecule has 0 amide bonds. The molecule has 0 N–H and O–H groups in total. The predicted molar refractivity (Wildman–Crippen MR) is 122 cm³/mol. The first-order valence-corrected chi connectivity index (χ1v) is 12.0. The van der Waals surface area contributed by atoms with Crippen LogP contribution >= 0.6 is 34.8 Å². The van der Waals surface area contributed by atoms with E-state index >= 15 is 0 Å². The molecule has 1 aliphatic rings. The lowest BCUT2D eigenvalue weighted by Crippen LogP contribution is -2.42. The summed E-state index contributed by atoms with van der Waals surface area (Å²) in [5.41, 5.74) is -2.77. The van der Waals surface area contributed by atoms with Crippen LogP contribution in [-0.4, -0.2) is 20.3 Å². The zero-order valence-electron chi connectivity index (χ0n) is 16.8. The summed E-state index contributed by atoms with van der Waals surface area (Å²) in [6.07, 6.45) is -5.47. The minimum Gasteiger partial charge on any atom is -0.379 e. The molecular formula is C22H13Cl3F3NO4S. The van der Waals surface area contributed by atoms with Crippen LogP contribution in [0.1, 0.15) is 17.5 Å². The monoisotopic (exact) mass is 549 g/mol. The maximum absolute atomic E-state index is 14.1. The van der Waals surface area contributed by atoms with E-state index in [1.807, 2.05) is 0 Å². The molecule has 4 rings (SSSR count). The standard InChI is InChI=1S/C22H13Cl3F3NO4S/c23-15-3-7-19(8-4-15)34(30,31)32-18-5-1-13(2-6-18)20-12-21(33-29-20,22(26,27)28)14-9-16(24)11-17(25)10-14/h1-11H,12H2. The number of benzene rings is 3. The molecule has 0 bridgehead atoms. The van der Waals surface area contributed by atoms with Crippen molar-refractivity contribution in [2.45, 2.75) is 23.1 Å². The van der Waals surface area contributed by atoms with Gasteiger partial charge in [-0.05, 0) is 72.3 Å². The molecule has 12 heteroatoms. The number of alkyl halides is 3. The van der Waals surface area contributed by atoms with Crippen LogP contribution in [0.15, 0.2) is 76.8 Å². The van der Waals surface area contributed by atoms with Gasteiger partial charge in [-0.1, -0.05) is 40.0 Å². The van der Waals surface area contributed by atoms with Gasteiger partial charge in [-0.2, -0.15) is 21.6 Å². The fraction of sp³-hybridized carbons (Fsp3) is 0.136. The summed E-state index contributed by atoms with van der Waals surface area (Å²) in [6.45, 7) is 0. The molecule has 5 nitrogen and oxygen atoms in total. The van der Waals surface area contributed by atoms with Crippen LogP contribution in [0.3, 0.4) is 0 Å². The van der Waals surface area contributed by atoms with Crippen molar-refractivity contribution in [1.82, 2.24) is 0 Å². The molecule has 0 fully saturated rings. The van der Waals surface area contributed by atoms with E-state index in [-0.39, 0.29) is 37.5 Å². The quantitative estimate of drug-likeness (QED) is 0.321. The zero-order chi connectivity index (χ0) is 24.7. The molecule has 1 unspecified atom stereocenters. The highest BCUT2D eigenvalue weighted by atomic mass is 35.5. The average Bonchev–Trinajstić information content (AvgIpc) is 3.21. The molecule has 34 heavy (non-hydrogen) atoms. The van der Waals surface area contributed by atoms with Crippen molar-refractivity contribution in [3.8, 4) is 5.75 Å². The maximum Gasteiger partial charge on any atom is 0.435 e. The molecule has 1 heterocycles. The van der Waals surface area contributed by atoms with E-state index < -0.39 is 28.3 Å². The smallest absolute Gasteiger partial charge is 0.379 e. The molecule has 3 aromatic rings. The third-order valence-corrected chi connectivity index (χ3v) is 6.96. The van der Waals surface area contributed by atoms with Crippen molar-refractivity contribution in [2.24, 2.45) is 5.16 Å². The average molecular weight is 551 g/mol. The van der Waals surface area contributed by atoms with Crippen LogP contribution in [0, 0.1) is 0 Å². The van der Waals surface area contributed by atoms with Gasteiger partial charge in [-0.3, -0.25) is 0 Å². The number of oxime groups is 1. The molecule has 3 aromatic carbocycles. The van der Waals surface area contributed by atoms with E-state index in [9.17, 15) is 21.6 Å². The second-order valence-corrected chi connectivity index (χ2v) is 10.2. The first kappa shape index (κ1) is 24.7. The molecule has 1 aliphatic heterocycles. The summed E-state index contributed by atoms with van der Waals surface area (Å²) in [5.74, 6) is -0.0399. The third-order valence-electron chi connectivity index (χ3n) is 5.01. The SMILES string of the molecule is O=S(=O)(Oc1ccc(C2=NOC(c3cc(Cl)cc(Cl)c3)(C(F)(F)F)C2)cc1)c1ccc(Cl)cc1. The third kappa shape index (κ3) is 4.84. The molecule has 178 valence electrons. The lowest BCUT2D eigenvalue weighted by Gasteiger charge is -2.29. The molecule has 0 aromatic heterocycles. The molecule has 0 saturated heterocycles. The van der Waals surface area contributed by atoms with Crippen LogP contribution in [0.5, 0.6) is 5.75 Å². The van der Waals surface area contributed by atoms with Gasteiger partial charge in [-0.15, -0.1) is 0 Å². The van der Waals surface area contributed by atoms with Crippen LogP contribution in [0.2, 0.25) is 15.1 Å². The Morgan fingerprint density at radius 2 is 1.47 bits per heavy atom. The normalized spacial score (nSPS) is 18.4. The summed E-state index contributed by atoms with van der Waals surface area (Å²) in [4.78, 5) is 4.85. The number of hydrogen-bond donors (Lipinski definition) is 0. The van der Waals surface area contributed by atoms with E-state index in [0.717, 1.165) is 12.1 Å². The Hall–Kier alpha value is -2.46. The van der Waals surface area contributed by atoms with Gasteiger partial charge in [-0.25, -0.2) is 0 Å². The molecule has 1 atom stereocenters. The van der Waals surface area contributed by atoms with E-state index in [1.54, 1.807) is 0 Å². The summed E-state index contributed by atoms with van der Waals surface area (Å²) < 4.78 is 72.2. The van der Waals surface area contributed by atoms with Crippen LogP contribution in [0.25, 0.3) is 0 Å². The Kier molecular flexibility index (Phi) is 6.50. The highest BCUT2D eigenvalue weighted by molar-refractivity contribution is 7.87. The highest BCUT2D eigenvalue weighted by Crippen LogP contribution is 2.49. The van der Waals surface area contributed by atoms with Crippen molar-refractivity contribution in [3.63, 3.8) is 0 Å². The van der Waals surface area contributed by atoms with Gasteiger partial charge in [0.1, 0.15) is 10.6 Å². The molecule has 0 spiro atoms. The van der Waals surface area contributed by atoms with Gasteiger partial charge < -0.3 is 9.02 Å². The van der Waals surface area contributed by atoms with Crippen molar-refractivity contribution in [2.75, 3.05) is 0 Å². The van der Waals surface area contributed by atoms with Crippen LogP contribution in [-0.2, 0) is 20.6 Å². The van der Waals surface area contributed by atoms with E-state index in [0.29, 0.717) is 5.02 Å². The maximum atomic E-state index is 14.1. The Bertz CT molecular complexity index is 1340. The second-order valence-electron chi connectivity index (χ2n) is 7.30. The highest BCUT2D eigenvalue weighted by Gasteiger charge is 2.62. The van der Waals surface area contributed by atoms with E-state index in [2.05, 4.69) is 5.16 Å².